The zero-order valence-electron chi connectivity index (χ0n) is 21.7. The Kier molecular flexibility index (Phi) is 5.64. The molecule has 1 amide bonds. The number of carbonyl (C=O) groups excluding carboxylic acids is 2. The normalized spacial score (nSPS) is 25.9. The Morgan fingerprint density at radius 2 is 1.77 bits per heavy atom. The minimum atomic E-state index is -1.23. The van der Waals surface area contributed by atoms with Gasteiger partial charge in [0.1, 0.15) is 12.3 Å². The van der Waals surface area contributed by atoms with Crippen LogP contribution in [-0.4, -0.2) is 53.4 Å². The summed E-state index contributed by atoms with van der Waals surface area (Å²) < 4.78 is 31.3. The van der Waals surface area contributed by atoms with E-state index in [2.05, 4.69) is 29.0 Å². The topological polar surface area (TPSA) is 90.3 Å². The van der Waals surface area contributed by atoms with Crippen LogP contribution in [0, 0.1) is 0 Å². The molecule has 1 atom stereocenters. The Morgan fingerprint density at radius 1 is 1.05 bits per heavy atom. The van der Waals surface area contributed by atoms with Crippen LogP contribution in [0.25, 0.3) is 0 Å². The van der Waals surface area contributed by atoms with Crippen molar-refractivity contribution >= 4 is 23.8 Å². The first kappa shape index (κ1) is 25.0. The second kappa shape index (κ2) is 9.02. The van der Waals surface area contributed by atoms with Crippen molar-refractivity contribution in [3.05, 3.63) is 93.4 Å². The van der Waals surface area contributed by atoms with Crippen LogP contribution in [0.3, 0.4) is 0 Å². The molecule has 3 fully saturated rings. The van der Waals surface area contributed by atoms with Gasteiger partial charge in [0, 0.05) is 42.2 Å². The van der Waals surface area contributed by atoms with E-state index < -0.39 is 35.5 Å². The van der Waals surface area contributed by atoms with Crippen molar-refractivity contribution in [1.82, 2.24) is 9.58 Å². The summed E-state index contributed by atoms with van der Waals surface area (Å²) in [7, 11) is 1.16. The van der Waals surface area contributed by atoms with Gasteiger partial charge in [-0.2, -0.15) is 0 Å². The second-order valence-corrected chi connectivity index (χ2v) is 11.7. The van der Waals surface area contributed by atoms with Crippen molar-refractivity contribution < 1.29 is 28.2 Å². The summed E-state index contributed by atoms with van der Waals surface area (Å²) in [6.45, 7) is -0.419. The van der Waals surface area contributed by atoms with Crippen LogP contribution in [0.2, 0.25) is 0 Å². The summed E-state index contributed by atoms with van der Waals surface area (Å²) in [5, 5.41) is 2.04. The van der Waals surface area contributed by atoms with E-state index in [1.54, 1.807) is 27.5 Å². The highest BCUT2D eigenvalue weighted by Crippen LogP contribution is 2.66. The maximum absolute atomic E-state index is 14.7. The van der Waals surface area contributed by atoms with Crippen LogP contribution < -0.4 is 15.2 Å². The quantitative estimate of drug-likeness (QED) is 0.334. The van der Waals surface area contributed by atoms with Gasteiger partial charge in [0.25, 0.3) is 5.91 Å². The smallest absolute Gasteiger partial charge is 0.451 e. The Labute approximate surface area is 233 Å². The predicted octanol–water partition coefficient (Wildman–Crippen LogP) is 4.36. The monoisotopic (exact) mass is 563 g/mol. The van der Waals surface area contributed by atoms with E-state index in [0.29, 0.717) is 0 Å². The molecule has 1 aromatic heterocycles. The zero-order chi connectivity index (χ0) is 27.6. The lowest BCUT2D eigenvalue weighted by molar-refractivity contribution is -0.214. The zero-order valence-corrected chi connectivity index (χ0v) is 22.5. The third-order valence-corrected chi connectivity index (χ3v) is 9.49. The van der Waals surface area contributed by atoms with Crippen molar-refractivity contribution in [2.75, 3.05) is 25.6 Å². The number of carbonyl (C=O) groups is 2. The van der Waals surface area contributed by atoms with E-state index >= 15 is 0 Å². The first-order valence-corrected chi connectivity index (χ1v) is 14.0. The Hall–Kier alpha value is -3.99. The average molecular weight is 564 g/mol. The van der Waals surface area contributed by atoms with E-state index in [1.807, 2.05) is 29.3 Å². The number of hydrogen-bond donors (Lipinski definition) is 0. The van der Waals surface area contributed by atoms with Crippen molar-refractivity contribution in [2.45, 2.75) is 47.2 Å². The number of aromatic nitrogens is 1. The molecule has 2 bridgehead atoms. The molecule has 2 aliphatic heterocycles. The van der Waals surface area contributed by atoms with Crippen LogP contribution in [0.15, 0.2) is 70.5 Å². The maximum atomic E-state index is 14.7. The summed E-state index contributed by atoms with van der Waals surface area (Å²) in [6, 6.07) is 17.4. The fourth-order valence-corrected chi connectivity index (χ4v) is 7.64. The molecule has 8 rings (SSSR count). The molecule has 3 aliphatic carbocycles. The van der Waals surface area contributed by atoms with Crippen molar-refractivity contribution in [2.24, 2.45) is 0 Å². The van der Waals surface area contributed by atoms with E-state index in [9.17, 15) is 18.8 Å². The highest BCUT2D eigenvalue weighted by Gasteiger charge is 2.73. The largest absolute Gasteiger partial charge is 0.510 e. The van der Waals surface area contributed by atoms with Gasteiger partial charge in [0.2, 0.25) is 18.0 Å². The minimum absolute atomic E-state index is 0.0108. The maximum Gasteiger partial charge on any atom is 0.510 e. The molecule has 0 unspecified atom stereocenters. The Morgan fingerprint density at radius 3 is 2.52 bits per heavy atom. The molecule has 0 spiro atoms. The molecule has 0 radical (unpaired) electrons. The Balaban J connectivity index is 1.39. The van der Waals surface area contributed by atoms with Crippen LogP contribution in [0.5, 0.6) is 5.75 Å². The molecule has 3 aromatic rings. The summed E-state index contributed by atoms with van der Waals surface area (Å²) in [5.41, 5.74) is 0.936. The number of halogens is 1. The van der Waals surface area contributed by atoms with Gasteiger partial charge in [-0.3, -0.25) is 19.3 Å². The number of nitrogens with zero attached hydrogens (tertiary/aromatic N) is 3. The highest BCUT2D eigenvalue weighted by atomic mass is 32.2. The average Bonchev–Trinajstić information content (AvgIpc) is 3.09. The Bertz CT molecular complexity index is 1540. The lowest BCUT2D eigenvalue weighted by Crippen LogP contribution is -2.79. The fourth-order valence-electron chi connectivity index (χ4n) is 6.54. The lowest BCUT2D eigenvalue weighted by atomic mass is 9.46. The van der Waals surface area contributed by atoms with Crippen molar-refractivity contribution in [1.29, 1.82) is 0 Å². The van der Waals surface area contributed by atoms with Crippen LogP contribution in [-0.2, 0) is 15.2 Å². The molecule has 2 aromatic carbocycles. The van der Waals surface area contributed by atoms with Crippen LogP contribution >= 0.6 is 11.8 Å². The number of rotatable bonds is 5. The number of alkyl halides is 1. The van der Waals surface area contributed by atoms with Gasteiger partial charge in [0.15, 0.2) is 5.69 Å². The van der Waals surface area contributed by atoms with Crippen LogP contribution in [0.4, 0.5) is 9.18 Å². The van der Waals surface area contributed by atoms with Gasteiger partial charge >= 0.3 is 6.16 Å². The van der Waals surface area contributed by atoms with Gasteiger partial charge in [-0.1, -0.05) is 42.5 Å². The summed E-state index contributed by atoms with van der Waals surface area (Å²) in [6.07, 6.45) is 1.40. The standard InChI is InChI=1S/C29H26FN3O6S/c1-37-27(36)39-17-38-25-21(34)10-11-32-24(25)26(35)31(29-13-28(30,14-29)15-29)16-33(32)23-19-7-3-2-6-18(19)12-40-22-9-5-4-8-20(22)23/h2-11,23H,12-17H2,1H3/t23-,28?,29?/m0/s1. The van der Waals surface area contributed by atoms with Crippen molar-refractivity contribution in [3.8, 4) is 5.75 Å². The molecular weight excluding hydrogens is 537 g/mol. The molecule has 9 nitrogen and oxygen atoms in total. The van der Waals surface area contributed by atoms with Crippen LogP contribution in [0.1, 0.15) is 52.5 Å². The molecule has 0 N–H and O–H groups in total. The predicted molar refractivity (Wildman–Crippen MR) is 144 cm³/mol. The van der Waals surface area contributed by atoms with E-state index in [4.69, 9.17) is 9.47 Å². The number of hydrogen-bond acceptors (Lipinski definition) is 8. The molecule has 3 saturated carbocycles. The number of thioether (sulfide) groups is 1. The molecule has 11 heteroatoms. The summed E-state index contributed by atoms with van der Waals surface area (Å²) in [5.74, 6) is 0.121. The second-order valence-electron chi connectivity index (χ2n) is 10.7. The number of fused-ring (bicyclic) bond motifs is 3. The molecule has 206 valence electrons. The number of benzene rings is 2. The van der Waals surface area contributed by atoms with Gasteiger partial charge in [-0.15, -0.1) is 11.8 Å². The summed E-state index contributed by atoms with van der Waals surface area (Å²) in [4.78, 5) is 41.5. The van der Waals surface area contributed by atoms with Gasteiger partial charge in [0.05, 0.1) is 18.7 Å². The first-order valence-electron chi connectivity index (χ1n) is 13.0. The van der Waals surface area contributed by atoms with E-state index in [0.717, 1.165) is 34.4 Å². The third-order valence-electron chi connectivity index (χ3n) is 8.35. The molecule has 3 heterocycles. The lowest BCUT2D eigenvalue weighted by Gasteiger charge is -2.70. The number of pyridine rings is 1. The first-order chi connectivity index (χ1) is 19.3. The van der Waals surface area contributed by atoms with E-state index in [1.165, 1.54) is 6.07 Å². The fraction of sp³-hybridized carbons (Fsp3) is 0.345. The highest BCUT2D eigenvalue weighted by molar-refractivity contribution is 7.98. The van der Waals surface area contributed by atoms with Gasteiger partial charge in [-0.05, 0) is 22.8 Å². The van der Waals surface area contributed by atoms with E-state index in [-0.39, 0.29) is 43.4 Å². The number of amides is 1. The molecular formula is C29H26FN3O6S. The van der Waals surface area contributed by atoms with Gasteiger partial charge in [-0.25, -0.2) is 9.18 Å². The van der Waals surface area contributed by atoms with Gasteiger partial charge < -0.3 is 19.1 Å². The number of ether oxygens (including phenoxy) is 3. The molecule has 0 saturated heterocycles. The third kappa shape index (κ3) is 3.71. The molecule has 40 heavy (non-hydrogen) atoms. The van der Waals surface area contributed by atoms with Crippen molar-refractivity contribution in [3.63, 3.8) is 0 Å². The summed E-state index contributed by atoms with van der Waals surface area (Å²) >= 11 is 1.75. The minimum Gasteiger partial charge on any atom is -0.451 e. The number of methoxy groups -OCH3 is 1. The molecule has 5 aliphatic rings. The SMILES string of the molecule is COC(=O)OCOc1c2n(ccc1=O)N([C@H]1c3ccccc3CSc3ccccc31)CN(C13CC(F)(C1)C3)C2=O.